The minimum Gasteiger partial charge on any atom is -0.460 e. The first-order valence-corrected chi connectivity index (χ1v) is 6.93. The molecule has 0 spiro atoms. The van der Waals surface area contributed by atoms with Gasteiger partial charge in [-0.2, -0.15) is 0 Å². The molecule has 0 amide bonds. The summed E-state index contributed by atoms with van der Waals surface area (Å²) in [6.45, 7) is 8.72. The summed E-state index contributed by atoms with van der Waals surface area (Å²) in [5.41, 5.74) is 1.44. The summed E-state index contributed by atoms with van der Waals surface area (Å²) >= 11 is 0. The molecule has 1 aromatic rings. The monoisotopic (exact) mass is 278 g/mol. The van der Waals surface area contributed by atoms with Gasteiger partial charge in [-0.3, -0.25) is 4.79 Å². The van der Waals surface area contributed by atoms with Crippen LogP contribution in [-0.4, -0.2) is 24.8 Å². The number of hydrogen-bond donors (Lipinski definition) is 0. The number of carbonyl (C=O) groups is 1. The standard InChI is InChI=1S/C16H22O4/c1-11(14(17)20-16(2,3)4)12-5-7-13(8-6-12)15-18-9-10-19-15/h5-8,11,15H,9-10H2,1-4H3. The number of benzene rings is 1. The van der Waals surface area contributed by atoms with Crippen molar-refractivity contribution in [3.05, 3.63) is 35.4 Å². The first kappa shape index (κ1) is 15.0. The van der Waals surface area contributed by atoms with Crippen LogP contribution in [0.3, 0.4) is 0 Å². The predicted molar refractivity (Wildman–Crippen MR) is 75.3 cm³/mol. The number of rotatable bonds is 3. The van der Waals surface area contributed by atoms with E-state index in [1.54, 1.807) is 0 Å². The average molecular weight is 278 g/mol. The second kappa shape index (κ2) is 5.94. The number of carbonyl (C=O) groups excluding carboxylic acids is 1. The number of esters is 1. The molecule has 1 aliphatic heterocycles. The highest BCUT2D eigenvalue weighted by atomic mass is 16.7. The second-order valence-corrected chi connectivity index (χ2v) is 6.00. The van der Waals surface area contributed by atoms with Crippen molar-refractivity contribution >= 4 is 5.97 Å². The lowest BCUT2D eigenvalue weighted by molar-refractivity contribution is -0.156. The Balaban J connectivity index is 2.03. The maximum Gasteiger partial charge on any atom is 0.313 e. The molecule has 0 aliphatic carbocycles. The van der Waals surface area contributed by atoms with Gasteiger partial charge in [0, 0.05) is 5.56 Å². The summed E-state index contributed by atoms with van der Waals surface area (Å²) in [4.78, 5) is 12.0. The van der Waals surface area contributed by atoms with Crippen molar-refractivity contribution in [2.75, 3.05) is 13.2 Å². The molecule has 2 rings (SSSR count). The van der Waals surface area contributed by atoms with Crippen LogP contribution in [0.5, 0.6) is 0 Å². The van der Waals surface area contributed by atoms with E-state index in [1.807, 2.05) is 52.0 Å². The van der Waals surface area contributed by atoms with Gasteiger partial charge in [0.1, 0.15) is 5.60 Å². The van der Waals surface area contributed by atoms with Gasteiger partial charge in [-0.15, -0.1) is 0 Å². The molecule has 1 aromatic carbocycles. The molecular formula is C16H22O4. The van der Waals surface area contributed by atoms with Gasteiger partial charge >= 0.3 is 5.97 Å². The van der Waals surface area contributed by atoms with Crippen molar-refractivity contribution in [3.63, 3.8) is 0 Å². The van der Waals surface area contributed by atoms with Gasteiger partial charge in [-0.25, -0.2) is 0 Å². The Morgan fingerprint density at radius 3 is 2.25 bits per heavy atom. The Morgan fingerprint density at radius 2 is 1.75 bits per heavy atom. The Bertz CT molecular complexity index is 452. The SMILES string of the molecule is CC(C(=O)OC(C)(C)C)c1ccc(C2OCCO2)cc1. The highest BCUT2D eigenvalue weighted by molar-refractivity contribution is 5.78. The summed E-state index contributed by atoms with van der Waals surface area (Å²) in [5.74, 6) is -0.493. The molecule has 4 nitrogen and oxygen atoms in total. The molecule has 1 unspecified atom stereocenters. The molecule has 110 valence electrons. The fourth-order valence-corrected chi connectivity index (χ4v) is 2.02. The van der Waals surface area contributed by atoms with E-state index >= 15 is 0 Å². The van der Waals surface area contributed by atoms with E-state index in [2.05, 4.69) is 0 Å². The molecule has 1 fully saturated rings. The molecule has 0 N–H and O–H groups in total. The van der Waals surface area contributed by atoms with Crippen molar-refractivity contribution in [2.45, 2.75) is 45.5 Å². The van der Waals surface area contributed by atoms with E-state index in [1.165, 1.54) is 0 Å². The zero-order valence-electron chi connectivity index (χ0n) is 12.5. The van der Waals surface area contributed by atoms with Gasteiger partial charge in [0.25, 0.3) is 0 Å². The molecular weight excluding hydrogens is 256 g/mol. The van der Waals surface area contributed by atoms with E-state index in [4.69, 9.17) is 14.2 Å². The first-order chi connectivity index (χ1) is 9.37. The van der Waals surface area contributed by atoms with Crippen LogP contribution in [0.25, 0.3) is 0 Å². The molecule has 1 saturated heterocycles. The minimum absolute atomic E-state index is 0.210. The van der Waals surface area contributed by atoms with Crippen LogP contribution < -0.4 is 0 Å². The van der Waals surface area contributed by atoms with E-state index in [9.17, 15) is 4.79 Å². The summed E-state index contributed by atoms with van der Waals surface area (Å²) in [6, 6.07) is 7.72. The lowest BCUT2D eigenvalue weighted by Gasteiger charge is -2.22. The number of hydrogen-bond acceptors (Lipinski definition) is 4. The maximum absolute atomic E-state index is 12.0. The first-order valence-electron chi connectivity index (χ1n) is 6.93. The fraction of sp³-hybridized carbons (Fsp3) is 0.562. The third-order valence-electron chi connectivity index (χ3n) is 3.09. The van der Waals surface area contributed by atoms with Gasteiger partial charge in [-0.05, 0) is 33.3 Å². The van der Waals surface area contributed by atoms with Crippen molar-refractivity contribution in [2.24, 2.45) is 0 Å². The zero-order chi connectivity index (χ0) is 14.8. The Hall–Kier alpha value is -1.39. The zero-order valence-corrected chi connectivity index (χ0v) is 12.5. The molecule has 1 aliphatic rings. The van der Waals surface area contributed by atoms with Crippen LogP contribution in [0.15, 0.2) is 24.3 Å². The smallest absolute Gasteiger partial charge is 0.313 e. The highest BCUT2D eigenvalue weighted by Gasteiger charge is 2.24. The van der Waals surface area contributed by atoms with Crippen molar-refractivity contribution in [1.29, 1.82) is 0 Å². The largest absolute Gasteiger partial charge is 0.460 e. The summed E-state index contributed by atoms with van der Waals surface area (Å²) in [6.07, 6.45) is -0.277. The Morgan fingerprint density at radius 1 is 1.20 bits per heavy atom. The highest BCUT2D eigenvalue weighted by Crippen LogP contribution is 2.26. The van der Waals surface area contributed by atoms with E-state index in [-0.39, 0.29) is 18.2 Å². The molecule has 4 heteroatoms. The topological polar surface area (TPSA) is 44.8 Å². The summed E-state index contributed by atoms with van der Waals surface area (Å²) in [7, 11) is 0. The lowest BCUT2D eigenvalue weighted by Crippen LogP contribution is -2.26. The van der Waals surface area contributed by atoms with Crippen molar-refractivity contribution < 1.29 is 19.0 Å². The fourth-order valence-electron chi connectivity index (χ4n) is 2.02. The predicted octanol–water partition coefficient (Wildman–Crippen LogP) is 3.18. The van der Waals surface area contributed by atoms with Gasteiger partial charge in [0.05, 0.1) is 19.1 Å². The van der Waals surface area contributed by atoms with Crippen molar-refractivity contribution in [1.82, 2.24) is 0 Å². The molecule has 20 heavy (non-hydrogen) atoms. The van der Waals surface area contributed by atoms with E-state index < -0.39 is 5.60 Å². The van der Waals surface area contributed by atoms with Crippen LogP contribution >= 0.6 is 0 Å². The molecule has 1 atom stereocenters. The Kier molecular flexibility index (Phi) is 4.45. The van der Waals surface area contributed by atoms with E-state index in [0.29, 0.717) is 13.2 Å². The third-order valence-corrected chi connectivity index (χ3v) is 3.09. The van der Waals surface area contributed by atoms with Crippen LogP contribution in [0, 0.1) is 0 Å². The van der Waals surface area contributed by atoms with Crippen LogP contribution in [-0.2, 0) is 19.0 Å². The van der Waals surface area contributed by atoms with Gasteiger partial charge < -0.3 is 14.2 Å². The van der Waals surface area contributed by atoms with Crippen LogP contribution in [0.4, 0.5) is 0 Å². The quantitative estimate of drug-likeness (QED) is 0.797. The minimum atomic E-state index is -0.461. The van der Waals surface area contributed by atoms with Crippen molar-refractivity contribution in [3.8, 4) is 0 Å². The molecule has 0 aromatic heterocycles. The second-order valence-electron chi connectivity index (χ2n) is 6.00. The van der Waals surface area contributed by atoms with Gasteiger partial charge in [0.2, 0.25) is 0 Å². The average Bonchev–Trinajstić information content (AvgIpc) is 2.90. The van der Waals surface area contributed by atoms with Gasteiger partial charge in [-0.1, -0.05) is 24.3 Å². The van der Waals surface area contributed by atoms with Gasteiger partial charge in [0.15, 0.2) is 6.29 Å². The molecule has 1 heterocycles. The summed E-state index contributed by atoms with van der Waals surface area (Å²) in [5, 5.41) is 0. The third kappa shape index (κ3) is 3.81. The number of ether oxygens (including phenoxy) is 3. The van der Waals surface area contributed by atoms with Crippen LogP contribution in [0.2, 0.25) is 0 Å². The molecule has 0 bridgehead atoms. The Labute approximate surface area is 120 Å². The molecule has 0 radical (unpaired) electrons. The van der Waals surface area contributed by atoms with E-state index in [0.717, 1.165) is 11.1 Å². The normalized spacial score (nSPS) is 18.0. The lowest BCUT2D eigenvalue weighted by atomic mass is 9.99. The maximum atomic E-state index is 12.0. The molecule has 0 saturated carbocycles. The van der Waals surface area contributed by atoms with Crippen LogP contribution in [0.1, 0.15) is 51.0 Å². The summed E-state index contributed by atoms with van der Waals surface area (Å²) < 4.78 is 16.3.